The molecule has 3 aromatic rings. The molecule has 3 aromatic carbocycles. The van der Waals surface area contributed by atoms with Gasteiger partial charge in [0.05, 0.1) is 16.7 Å². The van der Waals surface area contributed by atoms with Crippen LogP contribution >= 0.6 is 0 Å². The average Bonchev–Trinajstić information content (AvgIpc) is 2.96. The van der Waals surface area contributed by atoms with Crippen molar-refractivity contribution in [3.8, 4) is 16.9 Å². The molecule has 0 N–H and O–H groups in total. The van der Waals surface area contributed by atoms with Crippen LogP contribution in [0, 0.1) is 0 Å². The number of cyclic esters (lactones) is 2. The molecule has 1 heterocycles. The zero-order valence-corrected chi connectivity index (χ0v) is 13.5. The van der Waals surface area contributed by atoms with Gasteiger partial charge in [0.25, 0.3) is 0 Å². The van der Waals surface area contributed by atoms with Gasteiger partial charge in [0.1, 0.15) is 5.75 Å². The van der Waals surface area contributed by atoms with E-state index in [0.29, 0.717) is 5.75 Å². The van der Waals surface area contributed by atoms with Crippen LogP contribution in [0.2, 0.25) is 0 Å². The van der Waals surface area contributed by atoms with Gasteiger partial charge < -0.3 is 9.47 Å². The Bertz CT molecular complexity index is 1040. The van der Waals surface area contributed by atoms with Gasteiger partial charge in [-0.3, -0.25) is 0 Å². The van der Waals surface area contributed by atoms with Crippen LogP contribution in [0.3, 0.4) is 0 Å². The van der Waals surface area contributed by atoms with Crippen molar-refractivity contribution in [2.24, 2.45) is 0 Å². The number of hydrogen-bond acceptors (Lipinski definition) is 5. The predicted molar refractivity (Wildman–Crippen MR) is 93.0 cm³/mol. The fourth-order valence-corrected chi connectivity index (χ4v) is 2.78. The monoisotopic (exact) mass is 344 g/mol. The molecule has 0 amide bonds. The van der Waals surface area contributed by atoms with Crippen LogP contribution in [0.25, 0.3) is 11.1 Å². The highest BCUT2D eigenvalue weighted by Crippen LogP contribution is 2.30. The maximum atomic E-state index is 12.5. The quantitative estimate of drug-likeness (QED) is 0.410. The molecule has 0 saturated carbocycles. The van der Waals surface area contributed by atoms with Gasteiger partial charge in [-0.25, -0.2) is 14.4 Å². The van der Waals surface area contributed by atoms with Crippen molar-refractivity contribution in [1.29, 1.82) is 0 Å². The van der Waals surface area contributed by atoms with E-state index in [1.165, 1.54) is 18.2 Å². The minimum absolute atomic E-state index is 0.0702. The molecule has 1 aliphatic rings. The highest BCUT2D eigenvalue weighted by atomic mass is 16.6. The van der Waals surface area contributed by atoms with E-state index in [2.05, 4.69) is 4.74 Å². The lowest BCUT2D eigenvalue weighted by Gasteiger charge is -2.10. The summed E-state index contributed by atoms with van der Waals surface area (Å²) in [6.45, 7) is 0. The summed E-state index contributed by atoms with van der Waals surface area (Å²) in [7, 11) is 0. The standard InChI is InChI=1S/C21H12O5/c22-19(14-10-11-16-17(12-14)21(24)26-20(16)23)25-18-9-5-4-8-15(18)13-6-2-1-3-7-13/h1-12H. The predicted octanol–water partition coefficient (Wildman–Crippen LogP) is 3.88. The van der Waals surface area contributed by atoms with Crippen molar-refractivity contribution in [3.05, 3.63) is 89.5 Å². The summed E-state index contributed by atoms with van der Waals surface area (Å²) < 4.78 is 10.1. The normalized spacial score (nSPS) is 12.5. The molecule has 126 valence electrons. The third kappa shape index (κ3) is 2.75. The van der Waals surface area contributed by atoms with E-state index >= 15 is 0 Å². The van der Waals surface area contributed by atoms with Gasteiger partial charge in [0.15, 0.2) is 0 Å². The molecule has 0 aliphatic carbocycles. The maximum absolute atomic E-state index is 12.5. The molecule has 0 saturated heterocycles. The molecule has 1 aliphatic heterocycles. The van der Waals surface area contributed by atoms with E-state index in [9.17, 15) is 14.4 Å². The van der Waals surface area contributed by atoms with Crippen LogP contribution in [-0.2, 0) is 4.74 Å². The number of benzene rings is 3. The second kappa shape index (κ2) is 6.29. The molecule has 5 heteroatoms. The number of ether oxygens (including phenoxy) is 2. The van der Waals surface area contributed by atoms with Crippen molar-refractivity contribution < 1.29 is 23.9 Å². The Morgan fingerprint density at radius 2 is 1.42 bits per heavy atom. The van der Waals surface area contributed by atoms with E-state index in [4.69, 9.17) is 4.74 Å². The minimum atomic E-state index is -0.760. The molecule has 0 atom stereocenters. The van der Waals surface area contributed by atoms with Crippen molar-refractivity contribution in [2.45, 2.75) is 0 Å². The van der Waals surface area contributed by atoms with Crippen LogP contribution in [0.5, 0.6) is 5.75 Å². The number of fused-ring (bicyclic) bond motifs is 1. The Labute approximate surface area is 148 Å². The first kappa shape index (κ1) is 15.8. The summed E-state index contributed by atoms with van der Waals surface area (Å²) in [5.74, 6) is -1.69. The highest BCUT2D eigenvalue weighted by molar-refractivity contribution is 6.15. The molecule has 0 bridgehead atoms. The van der Waals surface area contributed by atoms with E-state index in [1.54, 1.807) is 12.1 Å². The van der Waals surface area contributed by atoms with E-state index in [-0.39, 0.29) is 16.7 Å². The van der Waals surface area contributed by atoms with Crippen molar-refractivity contribution >= 4 is 17.9 Å². The van der Waals surface area contributed by atoms with Crippen LogP contribution in [0.15, 0.2) is 72.8 Å². The zero-order chi connectivity index (χ0) is 18.1. The molecule has 4 rings (SSSR count). The van der Waals surface area contributed by atoms with Gasteiger partial charge in [-0.15, -0.1) is 0 Å². The maximum Gasteiger partial charge on any atom is 0.346 e. The lowest BCUT2D eigenvalue weighted by Crippen LogP contribution is -2.10. The smallest absolute Gasteiger partial charge is 0.346 e. The first-order chi connectivity index (χ1) is 12.6. The van der Waals surface area contributed by atoms with Gasteiger partial charge in [-0.1, -0.05) is 48.5 Å². The van der Waals surface area contributed by atoms with Crippen LogP contribution in [0.4, 0.5) is 0 Å². The number of esters is 3. The lowest BCUT2D eigenvalue weighted by molar-refractivity contribution is 0.0443. The average molecular weight is 344 g/mol. The third-order valence-corrected chi connectivity index (χ3v) is 4.06. The third-order valence-electron chi connectivity index (χ3n) is 4.06. The minimum Gasteiger partial charge on any atom is -0.422 e. The molecule has 0 unspecified atom stereocenters. The number of para-hydroxylation sites is 1. The fraction of sp³-hybridized carbons (Fsp3) is 0. The molecular formula is C21H12O5. The van der Waals surface area contributed by atoms with Gasteiger partial charge in [-0.2, -0.15) is 0 Å². The fourth-order valence-electron chi connectivity index (χ4n) is 2.78. The lowest BCUT2D eigenvalue weighted by atomic mass is 10.0. The Kier molecular flexibility index (Phi) is 3.82. The summed E-state index contributed by atoms with van der Waals surface area (Å²) in [4.78, 5) is 35.7. The summed E-state index contributed by atoms with van der Waals surface area (Å²) >= 11 is 0. The van der Waals surface area contributed by atoms with E-state index in [0.717, 1.165) is 11.1 Å². The molecule has 0 aromatic heterocycles. The van der Waals surface area contributed by atoms with Crippen molar-refractivity contribution in [3.63, 3.8) is 0 Å². The number of hydrogen-bond donors (Lipinski definition) is 0. The first-order valence-corrected chi connectivity index (χ1v) is 7.90. The molecular weight excluding hydrogens is 332 g/mol. The second-order valence-electron chi connectivity index (χ2n) is 5.69. The van der Waals surface area contributed by atoms with E-state index in [1.807, 2.05) is 42.5 Å². The van der Waals surface area contributed by atoms with Gasteiger partial charge >= 0.3 is 17.9 Å². The molecule has 0 radical (unpaired) electrons. The topological polar surface area (TPSA) is 69.7 Å². The molecule has 5 nitrogen and oxygen atoms in total. The van der Waals surface area contributed by atoms with Crippen LogP contribution in [-0.4, -0.2) is 17.9 Å². The second-order valence-corrected chi connectivity index (χ2v) is 5.69. The van der Waals surface area contributed by atoms with E-state index < -0.39 is 17.9 Å². The largest absolute Gasteiger partial charge is 0.422 e. The van der Waals surface area contributed by atoms with Gasteiger partial charge in [-0.05, 0) is 29.8 Å². The van der Waals surface area contributed by atoms with Gasteiger partial charge in [0.2, 0.25) is 0 Å². The summed E-state index contributed by atoms with van der Waals surface area (Å²) in [6.07, 6.45) is 0. The summed E-state index contributed by atoms with van der Waals surface area (Å²) in [5, 5.41) is 0. The van der Waals surface area contributed by atoms with Crippen LogP contribution < -0.4 is 4.74 Å². The molecule has 0 spiro atoms. The van der Waals surface area contributed by atoms with Crippen molar-refractivity contribution in [2.75, 3.05) is 0 Å². The molecule has 26 heavy (non-hydrogen) atoms. The van der Waals surface area contributed by atoms with Crippen LogP contribution in [0.1, 0.15) is 31.1 Å². The number of carbonyl (C=O) groups is 3. The molecule has 0 fully saturated rings. The highest BCUT2D eigenvalue weighted by Gasteiger charge is 2.30. The Morgan fingerprint density at radius 1 is 0.731 bits per heavy atom. The SMILES string of the molecule is O=C(Oc1ccccc1-c1ccccc1)c1ccc2c(c1)C(=O)OC2=O. The zero-order valence-electron chi connectivity index (χ0n) is 13.5. The Hall–Kier alpha value is -3.73. The summed E-state index contributed by atoms with van der Waals surface area (Å²) in [5.41, 5.74) is 2.08. The Balaban J connectivity index is 1.65. The Morgan fingerprint density at radius 3 is 2.23 bits per heavy atom. The number of carbonyl (C=O) groups excluding carboxylic acids is 3. The first-order valence-electron chi connectivity index (χ1n) is 7.90. The summed E-state index contributed by atoms with van der Waals surface area (Å²) in [6, 6.07) is 20.9. The van der Waals surface area contributed by atoms with Crippen molar-refractivity contribution in [1.82, 2.24) is 0 Å². The van der Waals surface area contributed by atoms with Gasteiger partial charge in [0, 0.05) is 5.56 Å². The number of rotatable bonds is 3.